The lowest BCUT2D eigenvalue weighted by Crippen LogP contribution is -2.26. The van der Waals surface area contributed by atoms with Crippen LogP contribution in [-0.2, 0) is 6.42 Å². The zero-order valence-electron chi connectivity index (χ0n) is 14.8. The highest BCUT2D eigenvalue weighted by molar-refractivity contribution is 6.30. The van der Waals surface area contributed by atoms with Crippen molar-refractivity contribution < 1.29 is 4.79 Å². The number of pyridine rings is 1. The molecule has 0 aliphatic rings. The number of benzene rings is 1. The van der Waals surface area contributed by atoms with Crippen LogP contribution >= 0.6 is 11.6 Å². The number of halogens is 1. The van der Waals surface area contributed by atoms with Crippen molar-refractivity contribution in [2.24, 2.45) is 0 Å². The molecule has 6 heteroatoms. The predicted molar refractivity (Wildman–Crippen MR) is 103 cm³/mol. The molecule has 2 aromatic rings. The first kappa shape index (κ1) is 19.2. The number of hydrogen-bond donors (Lipinski definition) is 2. The Bertz CT molecular complexity index is 673. The highest BCUT2D eigenvalue weighted by atomic mass is 35.5. The molecule has 134 valence electrons. The zero-order chi connectivity index (χ0) is 18.1. The molecule has 1 aromatic carbocycles. The van der Waals surface area contributed by atoms with Crippen molar-refractivity contribution in [2.75, 3.05) is 39.0 Å². The second kappa shape index (κ2) is 10.0. The van der Waals surface area contributed by atoms with E-state index in [1.165, 1.54) is 0 Å². The molecule has 0 saturated heterocycles. The van der Waals surface area contributed by atoms with Crippen LogP contribution in [0.1, 0.15) is 22.5 Å². The Morgan fingerprint density at radius 2 is 2.04 bits per heavy atom. The molecule has 0 aliphatic carbocycles. The number of anilines is 1. The van der Waals surface area contributed by atoms with Gasteiger partial charge in [0.2, 0.25) is 0 Å². The summed E-state index contributed by atoms with van der Waals surface area (Å²) in [4.78, 5) is 18.5. The molecule has 0 atom stereocenters. The minimum absolute atomic E-state index is 0.166. The highest BCUT2D eigenvalue weighted by Crippen LogP contribution is 2.11. The van der Waals surface area contributed by atoms with E-state index in [1.54, 1.807) is 12.3 Å². The minimum atomic E-state index is -0.166. The summed E-state index contributed by atoms with van der Waals surface area (Å²) in [6.07, 6.45) is 3.48. The fourth-order valence-corrected chi connectivity index (χ4v) is 2.58. The molecule has 1 aromatic heterocycles. The van der Waals surface area contributed by atoms with Gasteiger partial charge >= 0.3 is 0 Å². The first-order valence-corrected chi connectivity index (χ1v) is 8.79. The van der Waals surface area contributed by atoms with Gasteiger partial charge in [-0.2, -0.15) is 0 Å². The number of nitrogens with zero attached hydrogens (tertiary/aromatic N) is 2. The van der Waals surface area contributed by atoms with Gasteiger partial charge in [0.1, 0.15) is 5.69 Å². The molecule has 5 nitrogen and oxygen atoms in total. The smallest absolute Gasteiger partial charge is 0.269 e. The molecule has 0 saturated carbocycles. The Morgan fingerprint density at radius 3 is 2.72 bits per heavy atom. The number of amides is 1. The highest BCUT2D eigenvalue weighted by Gasteiger charge is 2.06. The van der Waals surface area contributed by atoms with Gasteiger partial charge in [-0.05, 0) is 63.3 Å². The fourth-order valence-electron chi connectivity index (χ4n) is 2.36. The maximum Gasteiger partial charge on any atom is 0.269 e. The molecule has 2 rings (SSSR count). The van der Waals surface area contributed by atoms with E-state index in [0.29, 0.717) is 17.3 Å². The molecule has 0 spiro atoms. The van der Waals surface area contributed by atoms with Crippen LogP contribution in [0.2, 0.25) is 5.02 Å². The van der Waals surface area contributed by atoms with E-state index in [1.807, 2.05) is 30.3 Å². The number of aromatic nitrogens is 1. The molecule has 1 amide bonds. The minimum Gasteiger partial charge on any atom is -0.384 e. The van der Waals surface area contributed by atoms with Crippen LogP contribution in [0.25, 0.3) is 0 Å². The van der Waals surface area contributed by atoms with Gasteiger partial charge in [-0.3, -0.25) is 4.79 Å². The summed E-state index contributed by atoms with van der Waals surface area (Å²) in [6.45, 7) is 2.46. The molecular formula is C19H25ClN4O. The van der Waals surface area contributed by atoms with Crippen LogP contribution < -0.4 is 10.6 Å². The predicted octanol–water partition coefficient (Wildman–Crippen LogP) is 3.07. The van der Waals surface area contributed by atoms with Crippen molar-refractivity contribution in [2.45, 2.75) is 12.8 Å². The van der Waals surface area contributed by atoms with Gasteiger partial charge in [-0.25, -0.2) is 4.98 Å². The quantitative estimate of drug-likeness (QED) is 0.675. The van der Waals surface area contributed by atoms with E-state index >= 15 is 0 Å². The molecule has 0 unspecified atom stereocenters. The molecule has 0 radical (unpaired) electrons. The first-order valence-electron chi connectivity index (χ1n) is 8.42. The van der Waals surface area contributed by atoms with Gasteiger partial charge in [0, 0.05) is 18.1 Å². The van der Waals surface area contributed by atoms with Gasteiger partial charge in [-0.15, -0.1) is 0 Å². The van der Waals surface area contributed by atoms with Gasteiger partial charge in [0.05, 0.1) is 11.9 Å². The summed E-state index contributed by atoms with van der Waals surface area (Å²) < 4.78 is 0. The Kier molecular flexibility index (Phi) is 7.70. The number of nitrogens with one attached hydrogen (secondary N) is 2. The Morgan fingerprint density at radius 1 is 1.20 bits per heavy atom. The van der Waals surface area contributed by atoms with E-state index in [2.05, 4.69) is 34.6 Å². The summed E-state index contributed by atoms with van der Waals surface area (Å²) >= 11 is 5.95. The number of carbonyl (C=O) groups is 1. The van der Waals surface area contributed by atoms with Gasteiger partial charge in [0.25, 0.3) is 5.91 Å². The number of hydrogen-bond acceptors (Lipinski definition) is 4. The third-order valence-electron chi connectivity index (χ3n) is 3.70. The van der Waals surface area contributed by atoms with Crippen molar-refractivity contribution in [3.05, 3.63) is 58.9 Å². The lowest BCUT2D eigenvalue weighted by atomic mass is 10.1. The van der Waals surface area contributed by atoms with Gasteiger partial charge in [-0.1, -0.05) is 23.7 Å². The van der Waals surface area contributed by atoms with E-state index in [9.17, 15) is 4.79 Å². The van der Waals surface area contributed by atoms with E-state index in [4.69, 9.17) is 11.6 Å². The topological polar surface area (TPSA) is 57.3 Å². The zero-order valence-corrected chi connectivity index (χ0v) is 15.5. The third-order valence-corrected chi connectivity index (χ3v) is 3.93. The fraction of sp³-hybridized carbons (Fsp3) is 0.368. The molecule has 25 heavy (non-hydrogen) atoms. The molecule has 1 heterocycles. The lowest BCUT2D eigenvalue weighted by molar-refractivity contribution is 0.0949. The monoisotopic (exact) mass is 360 g/mol. The average Bonchev–Trinajstić information content (AvgIpc) is 2.59. The van der Waals surface area contributed by atoms with E-state index < -0.39 is 0 Å². The molecular weight excluding hydrogens is 336 g/mol. The van der Waals surface area contributed by atoms with E-state index in [-0.39, 0.29) is 5.91 Å². The summed E-state index contributed by atoms with van der Waals surface area (Å²) in [5.41, 5.74) is 2.44. The van der Waals surface area contributed by atoms with Crippen molar-refractivity contribution in [3.8, 4) is 0 Å². The van der Waals surface area contributed by atoms with Crippen molar-refractivity contribution >= 4 is 23.2 Å². The normalized spacial score (nSPS) is 10.7. The maximum absolute atomic E-state index is 12.1. The van der Waals surface area contributed by atoms with Crippen molar-refractivity contribution in [1.82, 2.24) is 15.2 Å². The first-order chi connectivity index (χ1) is 12.0. The molecule has 0 bridgehead atoms. The second-order valence-corrected chi connectivity index (χ2v) is 6.59. The number of carbonyl (C=O) groups excluding carboxylic acids is 1. The summed E-state index contributed by atoms with van der Waals surface area (Å²) in [5.74, 6) is -0.166. The van der Waals surface area contributed by atoms with Crippen LogP contribution in [0.3, 0.4) is 0 Å². The van der Waals surface area contributed by atoms with E-state index in [0.717, 1.165) is 37.2 Å². The lowest BCUT2D eigenvalue weighted by Gasteiger charge is -2.10. The summed E-state index contributed by atoms with van der Waals surface area (Å²) in [5, 5.41) is 6.89. The molecule has 0 aliphatic heterocycles. The van der Waals surface area contributed by atoms with Crippen LogP contribution in [0.5, 0.6) is 0 Å². The second-order valence-electron chi connectivity index (χ2n) is 6.15. The average molecular weight is 361 g/mol. The van der Waals surface area contributed by atoms with Crippen LogP contribution in [0, 0.1) is 0 Å². The van der Waals surface area contributed by atoms with Crippen molar-refractivity contribution in [3.63, 3.8) is 0 Å². The van der Waals surface area contributed by atoms with Gasteiger partial charge in [0.15, 0.2) is 0 Å². The maximum atomic E-state index is 12.1. The van der Waals surface area contributed by atoms with Crippen LogP contribution in [0.4, 0.5) is 5.69 Å². The molecule has 2 N–H and O–H groups in total. The molecule has 0 fully saturated rings. The van der Waals surface area contributed by atoms with Crippen molar-refractivity contribution in [1.29, 1.82) is 0 Å². The van der Waals surface area contributed by atoms with Crippen LogP contribution in [0.15, 0.2) is 42.6 Å². The third kappa shape index (κ3) is 7.11. The standard InChI is InChI=1S/C19H25ClN4O/c1-24(2)12-4-10-21-17-7-8-18(23-14-17)19(25)22-11-9-15-5-3-6-16(20)13-15/h3,5-8,13-14,21H,4,9-12H2,1-2H3,(H,22,25). The van der Waals surface area contributed by atoms with Crippen LogP contribution in [-0.4, -0.2) is 49.5 Å². The Hall–Kier alpha value is -2.11. The Labute approximate surface area is 154 Å². The number of rotatable bonds is 9. The summed E-state index contributed by atoms with van der Waals surface area (Å²) in [7, 11) is 4.11. The van der Waals surface area contributed by atoms with Gasteiger partial charge < -0.3 is 15.5 Å². The summed E-state index contributed by atoms with van der Waals surface area (Å²) in [6, 6.07) is 11.3. The Balaban J connectivity index is 1.74. The SMILES string of the molecule is CN(C)CCCNc1ccc(C(=O)NCCc2cccc(Cl)c2)nc1. The largest absolute Gasteiger partial charge is 0.384 e.